The summed E-state index contributed by atoms with van der Waals surface area (Å²) in [5.74, 6) is 1.15. The van der Waals surface area contributed by atoms with Gasteiger partial charge in [0.1, 0.15) is 23.3 Å². The molecule has 1 fully saturated rings. The van der Waals surface area contributed by atoms with E-state index >= 15 is 0 Å². The molecule has 41 heavy (non-hydrogen) atoms. The number of benzene rings is 3. The molecule has 1 aliphatic rings. The number of sulfone groups is 1. The van der Waals surface area contributed by atoms with Gasteiger partial charge in [0, 0.05) is 45.0 Å². The summed E-state index contributed by atoms with van der Waals surface area (Å²) < 4.78 is 47.8. The van der Waals surface area contributed by atoms with E-state index in [-0.39, 0.29) is 11.3 Å². The largest absolute Gasteiger partial charge is 0.484 e. The summed E-state index contributed by atoms with van der Waals surface area (Å²) in [6.07, 6.45) is 4.80. The highest BCUT2D eigenvalue weighted by molar-refractivity contribution is 7.90. The third-order valence-corrected chi connectivity index (χ3v) is 8.49. The molecule has 0 saturated carbocycles. The number of oxazole rings is 1. The topological polar surface area (TPSA) is 120 Å². The molecule has 0 amide bonds. The van der Waals surface area contributed by atoms with E-state index in [2.05, 4.69) is 10.1 Å². The highest BCUT2D eigenvalue weighted by Crippen LogP contribution is 2.43. The van der Waals surface area contributed by atoms with Crippen molar-refractivity contribution in [3.8, 4) is 28.1 Å². The van der Waals surface area contributed by atoms with E-state index in [1.54, 1.807) is 31.4 Å². The lowest BCUT2D eigenvalue weighted by Gasteiger charge is -2.38. The van der Waals surface area contributed by atoms with Crippen LogP contribution in [0.15, 0.2) is 93.7 Å². The number of hydrogen-bond donors (Lipinski definition) is 1. The highest BCUT2D eigenvalue weighted by atomic mass is 32.2. The second kappa shape index (κ2) is 12.3. The summed E-state index contributed by atoms with van der Waals surface area (Å²) in [5.41, 5.74) is 3.62. The molecule has 1 N–H and O–H groups in total. The van der Waals surface area contributed by atoms with Crippen LogP contribution in [-0.4, -0.2) is 57.5 Å². The summed E-state index contributed by atoms with van der Waals surface area (Å²) in [7, 11) is -1.64. The van der Waals surface area contributed by atoms with Crippen molar-refractivity contribution in [3.63, 3.8) is 0 Å². The Bertz CT molecular complexity index is 1590. The van der Waals surface area contributed by atoms with E-state index < -0.39 is 21.5 Å². The number of oxime groups is 1. The van der Waals surface area contributed by atoms with Crippen LogP contribution >= 0.6 is 0 Å². The van der Waals surface area contributed by atoms with Gasteiger partial charge in [-0.25, -0.2) is 13.4 Å². The first-order valence-corrected chi connectivity index (χ1v) is 15.1. The van der Waals surface area contributed by atoms with E-state index in [4.69, 9.17) is 18.6 Å². The van der Waals surface area contributed by atoms with Crippen LogP contribution in [-0.2, 0) is 31.3 Å². The fraction of sp³-hybridized carbons (Fsp3) is 0.290. The van der Waals surface area contributed by atoms with Crippen molar-refractivity contribution >= 4 is 16.1 Å². The van der Waals surface area contributed by atoms with Crippen molar-refractivity contribution in [1.82, 2.24) is 4.98 Å². The molecule has 1 aromatic heterocycles. The standard InChI is InChI=1S/C31H32N2O7S/c1-37-31(14-16-38-17-15-31)28-18-24(10-13-27(28)22-8-11-26(12-9-22)41(2,35)36)40-25(20-33-34)19-29-30(32-21-39-29)23-6-4-3-5-7-23/h3-13,18,20-21,25,34H,14-17,19H2,1-2H3/b33-20+. The minimum Gasteiger partial charge on any atom is -0.484 e. The van der Waals surface area contributed by atoms with Gasteiger partial charge in [-0.05, 0) is 41.0 Å². The van der Waals surface area contributed by atoms with Crippen molar-refractivity contribution in [2.24, 2.45) is 5.16 Å². The van der Waals surface area contributed by atoms with Crippen molar-refractivity contribution in [1.29, 1.82) is 0 Å². The Balaban J connectivity index is 1.50. The Morgan fingerprint density at radius 1 is 1.05 bits per heavy atom. The quantitative estimate of drug-likeness (QED) is 0.149. The van der Waals surface area contributed by atoms with E-state index in [1.807, 2.05) is 48.5 Å². The van der Waals surface area contributed by atoms with Crippen LogP contribution < -0.4 is 4.74 Å². The van der Waals surface area contributed by atoms with Gasteiger partial charge in [-0.15, -0.1) is 0 Å². The Hall–Kier alpha value is -3.99. The highest BCUT2D eigenvalue weighted by Gasteiger charge is 2.37. The fourth-order valence-electron chi connectivity index (χ4n) is 5.20. The normalized spacial score (nSPS) is 16.0. The van der Waals surface area contributed by atoms with Crippen molar-refractivity contribution < 1.29 is 32.3 Å². The minimum absolute atomic E-state index is 0.253. The second-order valence-corrected chi connectivity index (χ2v) is 11.9. The molecular formula is C31H32N2O7S. The lowest BCUT2D eigenvalue weighted by molar-refractivity contribution is -0.0945. The molecular weight excluding hydrogens is 544 g/mol. The van der Waals surface area contributed by atoms with Gasteiger partial charge in [0.15, 0.2) is 16.2 Å². The molecule has 9 nitrogen and oxygen atoms in total. The smallest absolute Gasteiger partial charge is 0.181 e. The molecule has 1 aliphatic heterocycles. The zero-order valence-corrected chi connectivity index (χ0v) is 23.7. The predicted octanol–water partition coefficient (Wildman–Crippen LogP) is 5.51. The zero-order chi connectivity index (χ0) is 28.9. The lowest BCUT2D eigenvalue weighted by Crippen LogP contribution is -2.36. The number of methoxy groups -OCH3 is 1. The van der Waals surface area contributed by atoms with E-state index in [0.29, 0.717) is 43.3 Å². The molecule has 1 unspecified atom stereocenters. The predicted molar refractivity (Wildman–Crippen MR) is 154 cm³/mol. The maximum Gasteiger partial charge on any atom is 0.181 e. The van der Waals surface area contributed by atoms with Gasteiger partial charge >= 0.3 is 0 Å². The number of hydrogen-bond acceptors (Lipinski definition) is 9. The Kier molecular flexibility index (Phi) is 8.53. The van der Waals surface area contributed by atoms with Gasteiger partial charge in [-0.1, -0.05) is 53.7 Å². The van der Waals surface area contributed by atoms with Gasteiger partial charge in [0.2, 0.25) is 0 Å². The van der Waals surface area contributed by atoms with E-state index in [1.165, 1.54) is 18.9 Å². The zero-order valence-electron chi connectivity index (χ0n) is 22.9. The second-order valence-electron chi connectivity index (χ2n) is 9.93. The SMILES string of the molecule is COC1(c2cc(OC(/C=N/O)Cc3ocnc3-c3ccccc3)ccc2-c2ccc(S(C)(=O)=O)cc2)CCOCC1. The van der Waals surface area contributed by atoms with Crippen LogP contribution in [0.5, 0.6) is 5.75 Å². The number of nitrogens with zero attached hydrogens (tertiary/aromatic N) is 2. The molecule has 0 spiro atoms. The lowest BCUT2D eigenvalue weighted by atomic mass is 9.81. The molecule has 0 aliphatic carbocycles. The van der Waals surface area contributed by atoms with Gasteiger partial charge in [0.25, 0.3) is 0 Å². The Morgan fingerprint density at radius 2 is 1.78 bits per heavy atom. The summed E-state index contributed by atoms with van der Waals surface area (Å²) >= 11 is 0. The van der Waals surface area contributed by atoms with Gasteiger partial charge in [-0.2, -0.15) is 0 Å². The Morgan fingerprint density at radius 3 is 2.44 bits per heavy atom. The maximum atomic E-state index is 12.0. The molecule has 214 valence electrons. The molecule has 5 rings (SSSR count). The fourth-order valence-corrected chi connectivity index (χ4v) is 5.83. The first-order valence-electron chi connectivity index (χ1n) is 13.2. The van der Waals surface area contributed by atoms with Crippen LogP contribution in [0.25, 0.3) is 22.4 Å². The summed E-state index contributed by atoms with van der Waals surface area (Å²) in [5, 5.41) is 12.7. The summed E-state index contributed by atoms with van der Waals surface area (Å²) in [4.78, 5) is 4.63. The van der Waals surface area contributed by atoms with Gasteiger partial charge in [-0.3, -0.25) is 0 Å². The van der Waals surface area contributed by atoms with Crippen molar-refractivity contribution in [2.75, 3.05) is 26.6 Å². The Labute approximate surface area is 239 Å². The van der Waals surface area contributed by atoms with Crippen molar-refractivity contribution in [3.05, 3.63) is 90.5 Å². The number of ether oxygens (including phenoxy) is 3. The van der Waals surface area contributed by atoms with E-state index in [0.717, 1.165) is 22.3 Å². The van der Waals surface area contributed by atoms with Crippen LogP contribution in [0.2, 0.25) is 0 Å². The molecule has 2 heterocycles. The van der Waals surface area contributed by atoms with Crippen LogP contribution in [0.4, 0.5) is 0 Å². The molecule has 4 aromatic rings. The summed E-state index contributed by atoms with van der Waals surface area (Å²) in [6, 6.07) is 22.2. The van der Waals surface area contributed by atoms with Crippen LogP contribution in [0.3, 0.4) is 0 Å². The number of rotatable bonds is 10. The van der Waals surface area contributed by atoms with Crippen LogP contribution in [0, 0.1) is 0 Å². The molecule has 0 bridgehead atoms. The van der Waals surface area contributed by atoms with Crippen LogP contribution in [0.1, 0.15) is 24.2 Å². The monoisotopic (exact) mass is 576 g/mol. The number of aromatic nitrogens is 1. The maximum absolute atomic E-state index is 12.0. The first kappa shape index (κ1) is 28.5. The molecule has 0 radical (unpaired) electrons. The first-order chi connectivity index (χ1) is 19.8. The van der Waals surface area contributed by atoms with Crippen molar-refractivity contribution in [2.45, 2.75) is 35.9 Å². The third-order valence-electron chi connectivity index (χ3n) is 7.36. The average molecular weight is 577 g/mol. The molecule has 3 aromatic carbocycles. The molecule has 1 saturated heterocycles. The molecule has 1 atom stereocenters. The minimum atomic E-state index is -3.32. The van der Waals surface area contributed by atoms with E-state index in [9.17, 15) is 13.6 Å². The average Bonchev–Trinajstić information content (AvgIpc) is 3.46. The third kappa shape index (κ3) is 6.35. The van der Waals surface area contributed by atoms with Gasteiger partial charge in [0.05, 0.1) is 23.1 Å². The summed E-state index contributed by atoms with van der Waals surface area (Å²) in [6.45, 7) is 1.08. The molecule has 10 heteroatoms. The van der Waals surface area contributed by atoms with Gasteiger partial charge < -0.3 is 23.8 Å².